The van der Waals surface area contributed by atoms with E-state index in [-0.39, 0.29) is 5.56 Å². The van der Waals surface area contributed by atoms with E-state index in [9.17, 15) is 0 Å². The molecule has 6 heteroatoms. The Hall–Kier alpha value is -8.74. The first-order valence-electron chi connectivity index (χ1n) is 24.0. The Bertz CT molecular complexity index is 3670. The van der Waals surface area contributed by atoms with Crippen molar-refractivity contribution in [2.75, 3.05) is 9.80 Å². The first kappa shape index (κ1) is 45.7. The molecule has 0 spiro atoms. The van der Waals surface area contributed by atoms with Crippen LogP contribution >= 0.6 is 0 Å². The minimum Gasteiger partial charge on any atom is -0.311 e. The SMILES string of the molecule is Cc1ccc(N(c2ccc(C)cc2)c2ccc(-c3ccc(-c4ccc(-c5ccc(-c6c(F)c(F)c(N(c7ccc(C)cc7)c7ccc(C)cc7)c(F)c6F)c6ccccc56)c5ccccc45)cc3)cc2)cc1. The number of benzene rings is 11. The molecule has 0 heterocycles. The van der Waals surface area contributed by atoms with Crippen LogP contribution in [0.3, 0.4) is 0 Å². The van der Waals surface area contributed by atoms with Gasteiger partial charge in [-0.3, -0.25) is 0 Å². The third kappa shape index (κ3) is 8.35. The zero-order valence-corrected chi connectivity index (χ0v) is 40.2. The van der Waals surface area contributed by atoms with Crippen molar-refractivity contribution in [3.63, 3.8) is 0 Å². The molecule has 0 unspecified atom stereocenters. The summed E-state index contributed by atoms with van der Waals surface area (Å²) < 4.78 is 67.0. The molecule has 350 valence electrons. The second kappa shape index (κ2) is 18.9. The van der Waals surface area contributed by atoms with Crippen LogP contribution in [-0.4, -0.2) is 0 Å². The van der Waals surface area contributed by atoms with Crippen molar-refractivity contribution < 1.29 is 17.6 Å². The van der Waals surface area contributed by atoms with Gasteiger partial charge in [0.05, 0.1) is 5.56 Å². The topological polar surface area (TPSA) is 6.48 Å². The number of anilines is 6. The van der Waals surface area contributed by atoms with Gasteiger partial charge >= 0.3 is 0 Å². The van der Waals surface area contributed by atoms with Crippen molar-refractivity contribution in [2.45, 2.75) is 27.7 Å². The van der Waals surface area contributed by atoms with E-state index in [1.54, 1.807) is 72.8 Å². The summed E-state index contributed by atoms with van der Waals surface area (Å²) >= 11 is 0. The average molecular weight is 945 g/mol. The molecule has 72 heavy (non-hydrogen) atoms. The predicted molar refractivity (Wildman–Crippen MR) is 291 cm³/mol. The minimum atomic E-state index is -1.50. The molecule has 0 atom stereocenters. The van der Waals surface area contributed by atoms with Crippen LogP contribution in [0.1, 0.15) is 22.3 Å². The summed E-state index contributed by atoms with van der Waals surface area (Å²) in [6.45, 7) is 7.97. The Labute approximate surface area is 417 Å². The summed E-state index contributed by atoms with van der Waals surface area (Å²) in [7, 11) is 0. The number of halogens is 4. The molecule has 11 aromatic rings. The fraction of sp³-hybridized carbons (Fsp3) is 0.0606. The highest BCUT2D eigenvalue weighted by Crippen LogP contribution is 2.47. The summed E-state index contributed by atoms with van der Waals surface area (Å²) in [5, 5.41) is 3.12. The van der Waals surface area contributed by atoms with Crippen LogP contribution in [0.25, 0.3) is 66.1 Å². The van der Waals surface area contributed by atoms with Crippen molar-refractivity contribution in [1.29, 1.82) is 0 Å². The molecule has 0 saturated carbocycles. The number of fused-ring (bicyclic) bond motifs is 2. The Kier molecular flexibility index (Phi) is 12.0. The molecule has 0 saturated heterocycles. The van der Waals surface area contributed by atoms with Crippen molar-refractivity contribution >= 4 is 55.7 Å². The molecule has 0 aliphatic heterocycles. The Morgan fingerprint density at radius 3 is 0.917 bits per heavy atom. The normalized spacial score (nSPS) is 11.3. The molecular formula is C66H48F4N2. The fourth-order valence-corrected chi connectivity index (χ4v) is 9.87. The zero-order chi connectivity index (χ0) is 49.6. The van der Waals surface area contributed by atoms with Gasteiger partial charge in [-0.05, 0) is 149 Å². The van der Waals surface area contributed by atoms with Crippen LogP contribution in [0, 0.1) is 51.0 Å². The van der Waals surface area contributed by atoms with Crippen LogP contribution in [0.4, 0.5) is 51.7 Å². The van der Waals surface area contributed by atoms with E-state index in [4.69, 9.17) is 0 Å². The van der Waals surface area contributed by atoms with E-state index in [2.05, 4.69) is 140 Å². The third-order valence-electron chi connectivity index (χ3n) is 13.7. The number of hydrogen-bond donors (Lipinski definition) is 0. The van der Waals surface area contributed by atoms with Gasteiger partial charge in [0.15, 0.2) is 23.3 Å². The summed E-state index contributed by atoms with van der Waals surface area (Å²) in [6.07, 6.45) is 0. The van der Waals surface area contributed by atoms with Gasteiger partial charge in [-0.2, -0.15) is 0 Å². The minimum absolute atomic E-state index is 0.0384. The standard InChI is InChI=1S/C66H48F4N2/c1-41-13-27-48(28-14-41)71(49-29-15-42(2)16-30-49)50-35-25-46(26-36-50)45-21-23-47(24-22-45)53-37-38-58(55-10-6-5-9-54(53)55)59-39-40-60(57-12-8-7-11-56(57)59)61-62(67)64(69)66(65(70)63(61)68)72(51-31-17-43(3)18-32-51)52-33-19-44(4)20-34-52/h5-40H,1-4H3. The second-order valence-electron chi connectivity index (χ2n) is 18.5. The van der Waals surface area contributed by atoms with Gasteiger partial charge in [0.25, 0.3) is 0 Å². The average Bonchev–Trinajstić information content (AvgIpc) is 3.41. The van der Waals surface area contributed by atoms with Gasteiger partial charge in [-0.25, -0.2) is 17.6 Å². The summed E-state index contributed by atoms with van der Waals surface area (Å²) in [4.78, 5) is 3.49. The second-order valence-corrected chi connectivity index (χ2v) is 18.5. The van der Waals surface area contributed by atoms with Gasteiger partial charge in [-0.15, -0.1) is 0 Å². The van der Waals surface area contributed by atoms with E-state index in [1.807, 2.05) is 38.1 Å². The van der Waals surface area contributed by atoms with E-state index < -0.39 is 34.5 Å². The molecule has 0 aliphatic carbocycles. The van der Waals surface area contributed by atoms with Crippen molar-refractivity contribution in [3.8, 4) is 44.5 Å². The smallest absolute Gasteiger partial charge is 0.186 e. The van der Waals surface area contributed by atoms with E-state index in [1.165, 1.54) is 16.0 Å². The highest BCUT2D eigenvalue weighted by Gasteiger charge is 2.32. The van der Waals surface area contributed by atoms with E-state index in [0.29, 0.717) is 22.1 Å². The summed E-state index contributed by atoms with van der Waals surface area (Å²) in [5.41, 5.74) is 12.6. The van der Waals surface area contributed by atoms with Gasteiger partial charge in [0.1, 0.15) is 5.69 Å². The molecule has 0 bridgehead atoms. The van der Waals surface area contributed by atoms with Gasteiger partial charge in [0, 0.05) is 28.4 Å². The third-order valence-corrected chi connectivity index (χ3v) is 13.7. The number of hydrogen-bond acceptors (Lipinski definition) is 2. The Balaban J connectivity index is 0.935. The van der Waals surface area contributed by atoms with Crippen LogP contribution in [-0.2, 0) is 0 Å². The van der Waals surface area contributed by atoms with E-state index in [0.717, 1.165) is 72.3 Å². The molecule has 0 fully saturated rings. The zero-order valence-electron chi connectivity index (χ0n) is 40.2. The molecular weight excluding hydrogens is 897 g/mol. The highest BCUT2D eigenvalue weighted by molar-refractivity contribution is 6.12. The van der Waals surface area contributed by atoms with Gasteiger partial charge in [-0.1, -0.05) is 180 Å². The van der Waals surface area contributed by atoms with E-state index >= 15 is 17.6 Å². The number of nitrogens with zero attached hydrogens (tertiary/aromatic N) is 2. The van der Waals surface area contributed by atoms with Gasteiger partial charge in [0.2, 0.25) is 0 Å². The number of rotatable bonds is 10. The largest absolute Gasteiger partial charge is 0.311 e. The molecule has 11 rings (SSSR count). The lowest BCUT2D eigenvalue weighted by molar-refractivity contribution is 0.461. The maximum Gasteiger partial charge on any atom is 0.186 e. The lowest BCUT2D eigenvalue weighted by Gasteiger charge is -2.27. The summed E-state index contributed by atoms with van der Waals surface area (Å²) in [6, 6.07) is 71.1. The molecule has 2 nitrogen and oxygen atoms in total. The maximum atomic E-state index is 16.8. The van der Waals surface area contributed by atoms with Gasteiger partial charge < -0.3 is 9.80 Å². The first-order valence-corrected chi connectivity index (χ1v) is 24.0. The predicted octanol–water partition coefficient (Wildman–Crippen LogP) is 19.4. The molecule has 0 amide bonds. The Morgan fingerprint density at radius 2 is 0.528 bits per heavy atom. The Morgan fingerprint density at radius 1 is 0.250 bits per heavy atom. The summed E-state index contributed by atoms with van der Waals surface area (Å²) in [5.74, 6) is -5.95. The van der Waals surface area contributed by atoms with Crippen LogP contribution in [0.5, 0.6) is 0 Å². The fourth-order valence-electron chi connectivity index (χ4n) is 9.87. The van der Waals surface area contributed by atoms with Crippen LogP contribution in [0.2, 0.25) is 0 Å². The monoisotopic (exact) mass is 944 g/mol. The molecule has 0 aromatic heterocycles. The highest BCUT2D eigenvalue weighted by atomic mass is 19.2. The molecule has 0 N–H and O–H groups in total. The molecule has 11 aromatic carbocycles. The van der Waals surface area contributed by atoms with Crippen molar-refractivity contribution in [3.05, 3.63) is 264 Å². The van der Waals surface area contributed by atoms with Crippen LogP contribution < -0.4 is 9.80 Å². The molecule has 0 aliphatic rings. The molecule has 0 radical (unpaired) electrons. The first-order chi connectivity index (χ1) is 35.0. The quantitative estimate of drug-likeness (QED) is 0.0996. The lowest BCUT2D eigenvalue weighted by atomic mass is 9.87. The van der Waals surface area contributed by atoms with Crippen molar-refractivity contribution in [1.82, 2.24) is 0 Å². The van der Waals surface area contributed by atoms with Crippen LogP contribution in [0.15, 0.2) is 218 Å². The maximum absolute atomic E-state index is 16.8. The number of aryl methyl sites for hydroxylation is 4. The van der Waals surface area contributed by atoms with Crippen molar-refractivity contribution in [2.24, 2.45) is 0 Å². The lowest BCUT2D eigenvalue weighted by Crippen LogP contribution is -2.16.